The third-order valence-electron chi connectivity index (χ3n) is 1.41. The fourth-order valence-electron chi connectivity index (χ4n) is 0.827. The number of nitrogens with zero attached hydrogens (tertiary/aromatic N) is 2. The number of aliphatic imine (C=N–C) groups is 2. The molecule has 0 bridgehead atoms. The van der Waals surface area contributed by atoms with Gasteiger partial charge in [-0.25, -0.2) is 0 Å². The summed E-state index contributed by atoms with van der Waals surface area (Å²) < 4.78 is 0. The fourth-order valence-corrected chi connectivity index (χ4v) is 0.827. The van der Waals surface area contributed by atoms with Crippen LogP contribution in [0.2, 0.25) is 0 Å². The molecule has 12 heavy (non-hydrogen) atoms. The van der Waals surface area contributed by atoms with E-state index in [1.807, 2.05) is 0 Å². The molecule has 0 amide bonds. The Morgan fingerprint density at radius 3 is 2.83 bits per heavy atom. The topological polar surface area (TPSA) is 60.8 Å². The number of nitrogens with one attached hydrogen (secondary N) is 3. The highest BCUT2D eigenvalue weighted by Crippen LogP contribution is 1.67. The van der Waals surface area contributed by atoms with E-state index in [4.69, 9.17) is 0 Å². The van der Waals surface area contributed by atoms with E-state index in [0.29, 0.717) is 6.67 Å². The summed E-state index contributed by atoms with van der Waals surface area (Å²) in [7, 11) is 0. The Balaban J connectivity index is 2.19. The zero-order valence-electron chi connectivity index (χ0n) is 7.08. The van der Waals surface area contributed by atoms with Gasteiger partial charge >= 0.3 is 0 Å². The zero-order valence-corrected chi connectivity index (χ0v) is 7.08. The van der Waals surface area contributed by atoms with Crippen LogP contribution >= 0.6 is 0 Å². The first-order chi connectivity index (χ1) is 6.00. The first-order valence-corrected chi connectivity index (χ1v) is 4.14. The Hall–Kier alpha value is -1.10. The summed E-state index contributed by atoms with van der Waals surface area (Å²) in [6.45, 7) is 4.19. The third kappa shape index (κ3) is 4.68. The Kier molecular flexibility index (Phi) is 4.95. The van der Waals surface area contributed by atoms with Gasteiger partial charge in [-0.2, -0.15) is 0 Å². The summed E-state index contributed by atoms with van der Waals surface area (Å²) in [5.41, 5.74) is 0. The molecule has 0 atom stereocenters. The molecule has 0 aromatic carbocycles. The average Bonchev–Trinajstić information content (AvgIpc) is 2.05. The highest BCUT2D eigenvalue weighted by Gasteiger charge is 1.85. The number of rotatable bonds is 0. The van der Waals surface area contributed by atoms with Crippen LogP contribution in [0.25, 0.3) is 0 Å². The summed E-state index contributed by atoms with van der Waals surface area (Å²) in [6.07, 6.45) is 3.41. The molecule has 0 fully saturated rings. The maximum atomic E-state index is 4.11. The van der Waals surface area contributed by atoms with Crippen molar-refractivity contribution in [3.8, 4) is 0 Å². The lowest BCUT2D eigenvalue weighted by Crippen LogP contribution is -2.29. The van der Waals surface area contributed by atoms with Crippen LogP contribution < -0.4 is 16.0 Å². The first kappa shape index (κ1) is 8.99. The van der Waals surface area contributed by atoms with Gasteiger partial charge in [0, 0.05) is 19.6 Å². The Morgan fingerprint density at radius 2 is 1.83 bits per heavy atom. The Labute approximate surface area is 72.4 Å². The highest BCUT2D eigenvalue weighted by atomic mass is 15.1. The van der Waals surface area contributed by atoms with Gasteiger partial charge in [0.1, 0.15) is 6.67 Å². The minimum atomic E-state index is 0.587. The Morgan fingerprint density at radius 1 is 0.917 bits per heavy atom. The molecule has 1 heterocycles. The smallest absolute Gasteiger partial charge is 0.110 e. The van der Waals surface area contributed by atoms with Crippen LogP contribution in [0.1, 0.15) is 0 Å². The molecule has 5 nitrogen and oxygen atoms in total. The van der Waals surface area contributed by atoms with Gasteiger partial charge in [0.05, 0.1) is 19.2 Å². The van der Waals surface area contributed by atoms with Crippen LogP contribution in [0, 0.1) is 0 Å². The van der Waals surface area contributed by atoms with Crippen LogP contribution in [0.5, 0.6) is 0 Å². The minimum absolute atomic E-state index is 0.587. The second-order valence-electron chi connectivity index (χ2n) is 2.41. The van der Waals surface area contributed by atoms with Crippen molar-refractivity contribution in [3.63, 3.8) is 0 Å². The van der Waals surface area contributed by atoms with Crippen molar-refractivity contribution >= 4 is 12.7 Å². The molecule has 0 unspecified atom stereocenters. The largest absolute Gasteiger partial charge is 0.375 e. The van der Waals surface area contributed by atoms with Crippen molar-refractivity contribution in [1.82, 2.24) is 16.0 Å². The second-order valence-corrected chi connectivity index (χ2v) is 2.41. The van der Waals surface area contributed by atoms with E-state index in [0.717, 1.165) is 26.2 Å². The van der Waals surface area contributed by atoms with Crippen LogP contribution in [-0.4, -0.2) is 45.5 Å². The van der Waals surface area contributed by atoms with Crippen LogP contribution in [0.15, 0.2) is 9.98 Å². The monoisotopic (exact) mass is 169 g/mol. The summed E-state index contributed by atoms with van der Waals surface area (Å²) in [4.78, 5) is 8.15. The molecule has 0 radical (unpaired) electrons. The van der Waals surface area contributed by atoms with E-state index in [1.165, 1.54) is 0 Å². The molecule has 1 rings (SSSR count). The molecule has 3 N–H and O–H groups in total. The van der Waals surface area contributed by atoms with E-state index >= 15 is 0 Å². The lowest BCUT2D eigenvalue weighted by Gasteiger charge is -2.03. The fraction of sp³-hybridized carbons (Fsp3) is 0.714. The number of hydrogen-bond acceptors (Lipinski definition) is 5. The van der Waals surface area contributed by atoms with Crippen LogP contribution in [0.3, 0.4) is 0 Å². The molecular weight excluding hydrogens is 154 g/mol. The lowest BCUT2D eigenvalue weighted by atomic mass is 10.5. The van der Waals surface area contributed by atoms with Gasteiger partial charge in [0.2, 0.25) is 0 Å². The van der Waals surface area contributed by atoms with E-state index in [2.05, 4.69) is 25.9 Å². The van der Waals surface area contributed by atoms with Gasteiger partial charge in [0.15, 0.2) is 0 Å². The molecular formula is C7H15N5. The van der Waals surface area contributed by atoms with Crippen molar-refractivity contribution in [2.45, 2.75) is 0 Å². The molecule has 0 aromatic heterocycles. The molecule has 1 aliphatic heterocycles. The summed E-state index contributed by atoms with van der Waals surface area (Å²) in [5.74, 6) is 0. The van der Waals surface area contributed by atoms with Crippen molar-refractivity contribution in [2.24, 2.45) is 9.98 Å². The van der Waals surface area contributed by atoms with Gasteiger partial charge < -0.3 is 16.0 Å². The summed E-state index contributed by atoms with van der Waals surface area (Å²) in [5, 5.41) is 9.25. The SMILES string of the molecule is C1=NCCNCCN/C=N/CN1. The first-order valence-electron chi connectivity index (χ1n) is 4.14. The lowest BCUT2D eigenvalue weighted by molar-refractivity contribution is 0.675. The molecule has 0 aromatic rings. The normalized spacial score (nSPS) is 22.7. The predicted octanol–water partition coefficient (Wildman–Crippen LogP) is -1.22. The minimum Gasteiger partial charge on any atom is -0.375 e. The zero-order chi connectivity index (χ0) is 8.49. The van der Waals surface area contributed by atoms with Gasteiger partial charge in [-0.1, -0.05) is 0 Å². The van der Waals surface area contributed by atoms with E-state index in [1.54, 1.807) is 12.7 Å². The van der Waals surface area contributed by atoms with Crippen LogP contribution in [0.4, 0.5) is 0 Å². The van der Waals surface area contributed by atoms with Crippen LogP contribution in [-0.2, 0) is 0 Å². The Bertz CT molecular complexity index is 136. The van der Waals surface area contributed by atoms with E-state index in [-0.39, 0.29) is 0 Å². The van der Waals surface area contributed by atoms with E-state index < -0.39 is 0 Å². The highest BCUT2D eigenvalue weighted by molar-refractivity contribution is 5.56. The maximum absolute atomic E-state index is 4.11. The maximum Gasteiger partial charge on any atom is 0.110 e. The molecule has 68 valence electrons. The molecule has 0 aliphatic carbocycles. The molecule has 0 saturated carbocycles. The molecule has 5 heteroatoms. The second kappa shape index (κ2) is 6.60. The standard InChI is InChI=1S/C7H15N5/c1-3-9-5-11-7-12-6-10-4-2-8-1/h5-6,8H,1-4,7H2,(H,9,11)(H,10,12). The predicted molar refractivity (Wildman–Crippen MR) is 50.7 cm³/mol. The summed E-state index contributed by atoms with van der Waals surface area (Å²) in [6, 6.07) is 0. The quantitative estimate of drug-likeness (QED) is 0.426. The van der Waals surface area contributed by atoms with Gasteiger partial charge in [-0.05, 0) is 0 Å². The van der Waals surface area contributed by atoms with Gasteiger partial charge in [-0.15, -0.1) is 0 Å². The average molecular weight is 169 g/mol. The third-order valence-corrected chi connectivity index (χ3v) is 1.41. The number of hydrogen-bond donors (Lipinski definition) is 3. The van der Waals surface area contributed by atoms with Crippen molar-refractivity contribution < 1.29 is 0 Å². The van der Waals surface area contributed by atoms with Gasteiger partial charge in [0.25, 0.3) is 0 Å². The molecule has 0 spiro atoms. The molecule has 0 saturated heterocycles. The molecule has 1 aliphatic rings. The summed E-state index contributed by atoms with van der Waals surface area (Å²) >= 11 is 0. The van der Waals surface area contributed by atoms with Crippen molar-refractivity contribution in [2.75, 3.05) is 32.8 Å². The van der Waals surface area contributed by atoms with E-state index in [9.17, 15) is 0 Å². The van der Waals surface area contributed by atoms with Gasteiger partial charge in [-0.3, -0.25) is 9.98 Å². The van der Waals surface area contributed by atoms with Crippen molar-refractivity contribution in [3.05, 3.63) is 0 Å². The van der Waals surface area contributed by atoms with Crippen molar-refractivity contribution in [1.29, 1.82) is 0 Å².